The SMILES string of the molecule is CCc1ccccc1NCC(=O)Nc1cc(C)cc(C)c1. The zero-order valence-electron chi connectivity index (χ0n) is 12.9. The summed E-state index contributed by atoms with van der Waals surface area (Å²) < 4.78 is 0. The average Bonchev–Trinajstić information content (AvgIpc) is 2.44. The molecule has 2 rings (SSSR count). The molecule has 110 valence electrons. The van der Waals surface area contributed by atoms with Crippen LogP contribution in [-0.4, -0.2) is 12.5 Å². The maximum absolute atomic E-state index is 12.0. The quantitative estimate of drug-likeness (QED) is 0.872. The molecule has 2 aromatic carbocycles. The first-order chi connectivity index (χ1) is 10.1. The van der Waals surface area contributed by atoms with Crippen molar-refractivity contribution in [3.63, 3.8) is 0 Å². The van der Waals surface area contributed by atoms with Gasteiger partial charge in [0.15, 0.2) is 0 Å². The number of aryl methyl sites for hydroxylation is 3. The molecular weight excluding hydrogens is 260 g/mol. The first kappa shape index (κ1) is 15.1. The van der Waals surface area contributed by atoms with Gasteiger partial charge in [-0.1, -0.05) is 31.2 Å². The summed E-state index contributed by atoms with van der Waals surface area (Å²) in [7, 11) is 0. The van der Waals surface area contributed by atoms with Gasteiger partial charge in [0.2, 0.25) is 5.91 Å². The lowest BCUT2D eigenvalue weighted by molar-refractivity contribution is -0.114. The summed E-state index contributed by atoms with van der Waals surface area (Å²) in [5, 5.41) is 6.13. The summed E-state index contributed by atoms with van der Waals surface area (Å²) in [6.45, 7) is 6.43. The molecule has 0 bridgehead atoms. The maximum Gasteiger partial charge on any atom is 0.243 e. The van der Waals surface area contributed by atoms with Crippen molar-refractivity contribution in [2.45, 2.75) is 27.2 Å². The number of amides is 1. The highest BCUT2D eigenvalue weighted by atomic mass is 16.1. The Kier molecular flexibility index (Phi) is 4.99. The van der Waals surface area contributed by atoms with Gasteiger partial charge in [0.1, 0.15) is 0 Å². The molecule has 3 nitrogen and oxygen atoms in total. The fraction of sp³-hybridized carbons (Fsp3) is 0.278. The van der Waals surface area contributed by atoms with E-state index in [0.717, 1.165) is 28.9 Å². The highest BCUT2D eigenvalue weighted by Gasteiger charge is 2.05. The van der Waals surface area contributed by atoms with Crippen LogP contribution in [0.25, 0.3) is 0 Å². The van der Waals surface area contributed by atoms with Crippen molar-refractivity contribution in [3.8, 4) is 0 Å². The normalized spacial score (nSPS) is 10.2. The van der Waals surface area contributed by atoms with E-state index < -0.39 is 0 Å². The molecule has 0 aliphatic carbocycles. The molecule has 0 unspecified atom stereocenters. The minimum absolute atomic E-state index is 0.0362. The van der Waals surface area contributed by atoms with E-state index in [1.54, 1.807) is 0 Å². The number of carbonyl (C=O) groups is 1. The fourth-order valence-corrected chi connectivity index (χ4v) is 2.43. The zero-order chi connectivity index (χ0) is 15.2. The van der Waals surface area contributed by atoms with Gasteiger partial charge < -0.3 is 10.6 Å². The molecule has 0 aliphatic rings. The topological polar surface area (TPSA) is 41.1 Å². The minimum atomic E-state index is -0.0362. The Morgan fingerprint density at radius 3 is 2.38 bits per heavy atom. The van der Waals surface area contributed by atoms with Gasteiger partial charge in [-0.05, 0) is 55.2 Å². The molecular formula is C18H22N2O. The van der Waals surface area contributed by atoms with E-state index in [4.69, 9.17) is 0 Å². The number of hydrogen-bond acceptors (Lipinski definition) is 2. The first-order valence-corrected chi connectivity index (χ1v) is 7.28. The second-order valence-electron chi connectivity index (χ2n) is 5.29. The molecule has 2 aromatic rings. The van der Waals surface area contributed by atoms with Gasteiger partial charge >= 0.3 is 0 Å². The van der Waals surface area contributed by atoms with Crippen molar-refractivity contribution in [2.24, 2.45) is 0 Å². The molecule has 0 fully saturated rings. The smallest absolute Gasteiger partial charge is 0.243 e. The Bertz CT molecular complexity index is 615. The van der Waals surface area contributed by atoms with Crippen molar-refractivity contribution in [1.82, 2.24) is 0 Å². The van der Waals surface area contributed by atoms with E-state index in [-0.39, 0.29) is 12.5 Å². The van der Waals surface area contributed by atoms with Crippen LogP contribution in [0.1, 0.15) is 23.6 Å². The second kappa shape index (κ2) is 6.93. The summed E-state index contributed by atoms with van der Waals surface area (Å²) in [6, 6.07) is 14.1. The van der Waals surface area contributed by atoms with Gasteiger partial charge in [-0.2, -0.15) is 0 Å². The van der Waals surface area contributed by atoms with Gasteiger partial charge in [0.05, 0.1) is 6.54 Å². The van der Waals surface area contributed by atoms with E-state index in [1.165, 1.54) is 5.56 Å². The second-order valence-corrected chi connectivity index (χ2v) is 5.29. The van der Waals surface area contributed by atoms with Crippen molar-refractivity contribution in [1.29, 1.82) is 0 Å². The standard InChI is InChI=1S/C18H22N2O/c1-4-15-7-5-6-8-17(15)19-12-18(21)20-16-10-13(2)9-14(3)11-16/h5-11,19H,4,12H2,1-3H3,(H,20,21). The van der Waals surface area contributed by atoms with E-state index in [0.29, 0.717) is 0 Å². The summed E-state index contributed by atoms with van der Waals surface area (Å²) in [5.41, 5.74) is 5.39. The summed E-state index contributed by atoms with van der Waals surface area (Å²) in [5.74, 6) is -0.0362. The number of carbonyl (C=O) groups excluding carboxylic acids is 1. The van der Waals surface area contributed by atoms with Crippen LogP contribution in [-0.2, 0) is 11.2 Å². The summed E-state index contributed by atoms with van der Waals surface area (Å²) in [6.07, 6.45) is 0.946. The molecule has 21 heavy (non-hydrogen) atoms. The minimum Gasteiger partial charge on any atom is -0.376 e. The van der Waals surface area contributed by atoms with Crippen molar-refractivity contribution in [3.05, 3.63) is 59.2 Å². The Morgan fingerprint density at radius 2 is 1.71 bits per heavy atom. The Labute approximate surface area is 126 Å². The van der Waals surface area contributed by atoms with Crippen LogP contribution in [0.15, 0.2) is 42.5 Å². The molecule has 3 heteroatoms. The van der Waals surface area contributed by atoms with Gasteiger partial charge in [0.25, 0.3) is 0 Å². The lowest BCUT2D eigenvalue weighted by atomic mass is 10.1. The average molecular weight is 282 g/mol. The van der Waals surface area contributed by atoms with Gasteiger partial charge in [-0.15, -0.1) is 0 Å². The molecule has 0 heterocycles. The number of para-hydroxylation sites is 1. The van der Waals surface area contributed by atoms with E-state index >= 15 is 0 Å². The fourth-order valence-electron chi connectivity index (χ4n) is 2.43. The van der Waals surface area contributed by atoms with E-state index in [1.807, 2.05) is 44.2 Å². The molecule has 2 N–H and O–H groups in total. The van der Waals surface area contributed by atoms with E-state index in [2.05, 4.69) is 29.7 Å². The van der Waals surface area contributed by atoms with E-state index in [9.17, 15) is 4.79 Å². The molecule has 1 amide bonds. The number of benzene rings is 2. The van der Waals surface area contributed by atoms with Crippen LogP contribution in [0, 0.1) is 13.8 Å². The van der Waals surface area contributed by atoms with Crippen molar-refractivity contribution in [2.75, 3.05) is 17.2 Å². The lowest BCUT2D eigenvalue weighted by Crippen LogP contribution is -2.22. The highest BCUT2D eigenvalue weighted by Crippen LogP contribution is 2.16. The third-order valence-corrected chi connectivity index (χ3v) is 3.34. The molecule has 0 radical (unpaired) electrons. The van der Waals surface area contributed by atoms with Crippen LogP contribution < -0.4 is 10.6 Å². The lowest BCUT2D eigenvalue weighted by Gasteiger charge is -2.11. The van der Waals surface area contributed by atoms with Crippen molar-refractivity contribution < 1.29 is 4.79 Å². The van der Waals surface area contributed by atoms with Gasteiger partial charge in [-0.3, -0.25) is 4.79 Å². The van der Waals surface area contributed by atoms with Crippen LogP contribution in [0.5, 0.6) is 0 Å². The highest BCUT2D eigenvalue weighted by molar-refractivity contribution is 5.94. The zero-order valence-corrected chi connectivity index (χ0v) is 12.9. The Balaban J connectivity index is 1.96. The third kappa shape index (κ3) is 4.35. The summed E-state index contributed by atoms with van der Waals surface area (Å²) >= 11 is 0. The number of anilines is 2. The monoisotopic (exact) mass is 282 g/mol. The number of rotatable bonds is 5. The van der Waals surface area contributed by atoms with Crippen LogP contribution in [0.2, 0.25) is 0 Å². The van der Waals surface area contributed by atoms with Crippen LogP contribution >= 0.6 is 0 Å². The number of hydrogen-bond donors (Lipinski definition) is 2. The first-order valence-electron chi connectivity index (χ1n) is 7.28. The maximum atomic E-state index is 12.0. The Morgan fingerprint density at radius 1 is 1.05 bits per heavy atom. The predicted molar refractivity (Wildman–Crippen MR) is 88.9 cm³/mol. The molecule has 0 spiro atoms. The Hall–Kier alpha value is -2.29. The molecule has 0 atom stereocenters. The molecule has 0 saturated carbocycles. The van der Waals surface area contributed by atoms with Gasteiger partial charge in [0, 0.05) is 11.4 Å². The predicted octanol–water partition coefficient (Wildman–Crippen LogP) is 3.92. The van der Waals surface area contributed by atoms with Crippen LogP contribution in [0.4, 0.5) is 11.4 Å². The van der Waals surface area contributed by atoms with Crippen LogP contribution in [0.3, 0.4) is 0 Å². The summed E-state index contributed by atoms with van der Waals surface area (Å²) in [4.78, 5) is 12.0. The van der Waals surface area contributed by atoms with Crippen molar-refractivity contribution >= 4 is 17.3 Å². The van der Waals surface area contributed by atoms with Gasteiger partial charge in [-0.25, -0.2) is 0 Å². The molecule has 0 aromatic heterocycles. The number of nitrogens with one attached hydrogen (secondary N) is 2. The molecule has 0 saturated heterocycles. The largest absolute Gasteiger partial charge is 0.376 e. The third-order valence-electron chi connectivity index (χ3n) is 3.34. The molecule has 0 aliphatic heterocycles.